The molecule has 1 aliphatic rings. The molecule has 0 spiro atoms. The predicted molar refractivity (Wildman–Crippen MR) is 80.2 cm³/mol. The van der Waals surface area contributed by atoms with Crippen LogP contribution in [0.3, 0.4) is 0 Å². The molecule has 0 unspecified atom stereocenters. The first kappa shape index (κ1) is 12.6. The fraction of sp³-hybridized carbons (Fsp3) is 0.0588. The molecule has 1 heterocycles. The molecule has 4 rings (SSSR count). The Morgan fingerprint density at radius 3 is 2.82 bits per heavy atom. The summed E-state index contributed by atoms with van der Waals surface area (Å²) in [5.41, 5.74) is 1.56. The van der Waals surface area contributed by atoms with Gasteiger partial charge in [-0.05, 0) is 5.56 Å². The minimum atomic E-state index is -0.432. The van der Waals surface area contributed by atoms with Crippen molar-refractivity contribution in [3.05, 3.63) is 75.3 Å². The average molecular weight is 290 g/mol. The fourth-order valence-electron chi connectivity index (χ4n) is 2.90. The van der Waals surface area contributed by atoms with Crippen LogP contribution in [-0.4, -0.2) is 20.9 Å². The number of aromatic nitrogens is 2. The quantitative estimate of drug-likeness (QED) is 0.534. The third kappa shape index (κ3) is 1.65. The zero-order chi connectivity index (χ0) is 15.3. The number of nitrogens with zero attached hydrogens (tertiary/aromatic N) is 2. The van der Waals surface area contributed by atoms with Crippen LogP contribution in [-0.2, 0) is 6.42 Å². The van der Waals surface area contributed by atoms with Gasteiger partial charge in [0.2, 0.25) is 0 Å². The lowest BCUT2D eigenvalue weighted by atomic mass is 9.85. The molecule has 1 aromatic heterocycles. The Hall–Kier alpha value is -3.08. The Morgan fingerprint density at radius 1 is 1.14 bits per heavy atom. The molecule has 0 fully saturated rings. The summed E-state index contributed by atoms with van der Waals surface area (Å²) in [5.74, 6) is -0.457. The highest BCUT2D eigenvalue weighted by Gasteiger charge is 2.28. The molecule has 22 heavy (non-hydrogen) atoms. The van der Waals surface area contributed by atoms with Gasteiger partial charge in [-0.2, -0.15) is 0 Å². The van der Waals surface area contributed by atoms with Gasteiger partial charge in [-0.3, -0.25) is 9.59 Å². The van der Waals surface area contributed by atoms with E-state index in [1.54, 1.807) is 12.1 Å². The van der Waals surface area contributed by atoms with Gasteiger partial charge in [0.25, 0.3) is 0 Å². The van der Waals surface area contributed by atoms with Gasteiger partial charge in [-0.15, -0.1) is 0 Å². The predicted octanol–water partition coefficient (Wildman–Crippen LogP) is 1.83. The summed E-state index contributed by atoms with van der Waals surface area (Å²) < 4.78 is 0. The van der Waals surface area contributed by atoms with E-state index in [1.807, 2.05) is 12.1 Å². The number of aromatic hydroxyl groups is 1. The maximum absolute atomic E-state index is 12.7. The third-order valence-electron chi connectivity index (χ3n) is 3.96. The van der Waals surface area contributed by atoms with E-state index in [0.717, 1.165) is 5.56 Å². The van der Waals surface area contributed by atoms with Gasteiger partial charge >= 0.3 is 0 Å². The second-order valence-electron chi connectivity index (χ2n) is 5.20. The summed E-state index contributed by atoms with van der Waals surface area (Å²) in [5, 5.41) is 10.9. The number of hydrogen-bond donors (Lipinski definition) is 1. The number of ketones is 1. The highest BCUT2D eigenvalue weighted by Crippen LogP contribution is 2.33. The van der Waals surface area contributed by atoms with Crippen molar-refractivity contribution in [2.24, 2.45) is 0 Å². The van der Waals surface area contributed by atoms with E-state index in [0.29, 0.717) is 28.5 Å². The van der Waals surface area contributed by atoms with Crippen LogP contribution in [0.5, 0.6) is 5.75 Å². The van der Waals surface area contributed by atoms with Crippen molar-refractivity contribution < 1.29 is 9.90 Å². The second kappa shape index (κ2) is 4.46. The molecule has 0 radical (unpaired) electrons. The van der Waals surface area contributed by atoms with Crippen molar-refractivity contribution in [3.63, 3.8) is 0 Å². The molecule has 0 saturated heterocycles. The van der Waals surface area contributed by atoms with E-state index in [1.165, 1.54) is 18.6 Å². The average Bonchev–Trinajstić information content (AvgIpc) is 2.64. The Balaban J connectivity index is 2.17. The molecule has 0 aliphatic heterocycles. The smallest absolute Gasteiger partial charge is 0.197 e. The molecule has 2 aromatic carbocycles. The molecule has 1 N–H and O–H groups in total. The van der Waals surface area contributed by atoms with Gasteiger partial charge in [-0.25, -0.2) is 9.97 Å². The standard InChI is InChI=1S/C17H10N2O3/c20-14-6-13-12(7-18-8-19-13)16(21)11-5-9-3-1-2-4-10(9)17(22)15(11)14/h1-4,6-8,21H,5H2. The van der Waals surface area contributed by atoms with Gasteiger partial charge in [0, 0.05) is 29.8 Å². The van der Waals surface area contributed by atoms with Crippen LogP contribution in [0.4, 0.5) is 0 Å². The summed E-state index contributed by atoms with van der Waals surface area (Å²) >= 11 is 0. The number of carbonyl (C=O) groups excluding carboxylic acids is 1. The molecule has 5 heteroatoms. The van der Waals surface area contributed by atoms with E-state index in [2.05, 4.69) is 9.97 Å². The van der Waals surface area contributed by atoms with Gasteiger partial charge in [0.1, 0.15) is 12.1 Å². The number of rotatable bonds is 0. The Morgan fingerprint density at radius 2 is 1.95 bits per heavy atom. The van der Waals surface area contributed by atoms with Crippen molar-refractivity contribution in [1.82, 2.24) is 9.97 Å². The minimum Gasteiger partial charge on any atom is -0.507 e. The van der Waals surface area contributed by atoms with Crippen LogP contribution in [0.1, 0.15) is 27.0 Å². The maximum atomic E-state index is 12.7. The van der Waals surface area contributed by atoms with Crippen molar-refractivity contribution in [2.45, 2.75) is 6.42 Å². The molecule has 0 amide bonds. The Bertz CT molecular complexity index is 1010. The monoisotopic (exact) mass is 290 g/mol. The second-order valence-corrected chi connectivity index (χ2v) is 5.20. The molecule has 106 valence electrons. The summed E-state index contributed by atoms with van der Waals surface area (Å²) in [7, 11) is 0. The van der Waals surface area contributed by atoms with Gasteiger partial charge in [-0.1, -0.05) is 24.3 Å². The van der Waals surface area contributed by atoms with Crippen LogP contribution in [0, 0.1) is 0 Å². The highest BCUT2D eigenvalue weighted by atomic mass is 16.3. The van der Waals surface area contributed by atoms with Crippen LogP contribution in [0.15, 0.2) is 47.7 Å². The first-order valence-corrected chi connectivity index (χ1v) is 6.78. The van der Waals surface area contributed by atoms with E-state index in [-0.39, 0.29) is 17.1 Å². The highest BCUT2D eigenvalue weighted by molar-refractivity contribution is 6.13. The van der Waals surface area contributed by atoms with Crippen LogP contribution in [0.2, 0.25) is 0 Å². The van der Waals surface area contributed by atoms with Crippen LogP contribution >= 0.6 is 0 Å². The SMILES string of the molecule is O=C1c2ccccc2Cc2c1c(=O)cc1ncncc1c2O. The Kier molecular flexibility index (Phi) is 2.56. The van der Waals surface area contributed by atoms with Gasteiger partial charge < -0.3 is 5.11 Å². The topological polar surface area (TPSA) is 80.2 Å². The lowest BCUT2D eigenvalue weighted by molar-refractivity contribution is 0.103. The lowest BCUT2D eigenvalue weighted by Gasteiger charge is -2.16. The zero-order valence-electron chi connectivity index (χ0n) is 11.4. The molecule has 0 saturated carbocycles. The molecule has 1 aliphatic carbocycles. The first-order chi connectivity index (χ1) is 10.7. The summed E-state index contributed by atoms with van der Waals surface area (Å²) in [6.45, 7) is 0. The number of hydrogen-bond acceptors (Lipinski definition) is 5. The molecule has 0 bridgehead atoms. The van der Waals surface area contributed by atoms with E-state index in [4.69, 9.17) is 0 Å². The summed E-state index contributed by atoms with van der Waals surface area (Å²) in [6.07, 6.45) is 3.08. The van der Waals surface area contributed by atoms with Gasteiger partial charge in [0.05, 0.1) is 16.5 Å². The number of carbonyl (C=O) groups is 1. The van der Waals surface area contributed by atoms with E-state index >= 15 is 0 Å². The van der Waals surface area contributed by atoms with Crippen LogP contribution < -0.4 is 5.43 Å². The van der Waals surface area contributed by atoms with Crippen molar-refractivity contribution in [1.29, 1.82) is 0 Å². The molecule has 0 atom stereocenters. The maximum Gasteiger partial charge on any atom is 0.197 e. The molecule has 5 nitrogen and oxygen atoms in total. The summed E-state index contributed by atoms with van der Waals surface area (Å²) in [6, 6.07) is 8.39. The molecular weight excluding hydrogens is 280 g/mol. The van der Waals surface area contributed by atoms with Crippen molar-refractivity contribution in [2.75, 3.05) is 0 Å². The first-order valence-electron chi connectivity index (χ1n) is 6.78. The van der Waals surface area contributed by atoms with Crippen LogP contribution in [0.25, 0.3) is 10.9 Å². The third-order valence-corrected chi connectivity index (χ3v) is 3.96. The minimum absolute atomic E-state index is 0.0224. The number of fused-ring (bicyclic) bond motifs is 3. The Labute approximate surface area is 124 Å². The summed E-state index contributed by atoms with van der Waals surface area (Å²) in [4.78, 5) is 33.0. The number of benzene rings is 1. The molecule has 3 aromatic rings. The van der Waals surface area contributed by atoms with E-state index < -0.39 is 5.43 Å². The van der Waals surface area contributed by atoms with E-state index in [9.17, 15) is 14.7 Å². The van der Waals surface area contributed by atoms with Crippen molar-refractivity contribution in [3.8, 4) is 5.75 Å². The normalized spacial score (nSPS) is 12.8. The van der Waals surface area contributed by atoms with Crippen molar-refractivity contribution >= 4 is 16.7 Å². The van der Waals surface area contributed by atoms with Gasteiger partial charge in [0.15, 0.2) is 11.2 Å². The molecular formula is C17H10N2O3. The zero-order valence-corrected chi connectivity index (χ0v) is 11.4. The largest absolute Gasteiger partial charge is 0.507 e. The fourth-order valence-corrected chi connectivity index (χ4v) is 2.90. The lowest BCUT2D eigenvalue weighted by Crippen LogP contribution is -2.21.